The number of carbonyl (C=O) groups is 1. The Labute approximate surface area is 177 Å². The number of methoxy groups -OCH3 is 1. The average Bonchev–Trinajstić information content (AvgIpc) is 2.69. The minimum absolute atomic E-state index is 0.267. The highest BCUT2D eigenvalue weighted by molar-refractivity contribution is 7.92. The van der Waals surface area contributed by atoms with E-state index >= 15 is 0 Å². The number of halogens is 1. The largest absolute Gasteiger partial charge is 0.495 e. The number of benzene rings is 2. The van der Waals surface area contributed by atoms with Gasteiger partial charge in [-0.2, -0.15) is 0 Å². The van der Waals surface area contributed by atoms with Gasteiger partial charge in [-0.15, -0.1) is 0 Å². The average molecular weight is 440 g/mol. The molecule has 0 fully saturated rings. The van der Waals surface area contributed by atoms with Crippen LogP contribution >= 0.6 is 11.6 Å². The number of rotatable bonds is 10. The lowest BCUT2D eigenvalue weighted by Crippen LogP contribution is -2.41. The third kappa shape index (κ3) is 6.83. The monoisotopic (exact) mass is 439 g/mol. The fourth-order valence-electron chi connectivity index (χ4n) is 2.75. The van der Waals surface area contributed by atoms with Crippen molar-refractivity contribution in [3.05, 3.63) is 53.6 Å². The van der Waals surface area contributed by atoms with E-state index in [9.17, 15) is 13.2 Å². The maximum absolute atomic E-state index is 12.3. The highest BCUT2D eigenvalue weighted by Gasteiger charge is 2.21. The van der Waals surface area contributed by atoms with Crippen LogP contribution in [0, 0.1) is 0 Å². The molecule has 0 bridgehead atoms. The zero-order valence-corrected chi connectivity index (χ0v) is 18.3. The number of amides is 1. The predicted molar refractivity (Wildman–Crippen MR) is 118 cm³/mol. The van der Waals surface area contributed by atoms with Gasteiger partial charge in [-0.3, -0.25) is 9.10 Å². The number of carbonyl (C=O) groups excluding carboxylic acids is 1. The summed E-state index contributed by atoms with van der Waals surface area (Å²) in [6.07, 6.45) is 1.78. The second-order valence-corrected chi connectivity index (χ2v) is 8.86. The van der Waals surface area contributed by atoms with E-state index < -0.39 is 10.0 Å². The van der Waals surface area contributed by atoms with Crippen LogP contribution in [0.25, 0.3) is 0 Å². The maximum Gasteiger partial charge on any atom is 0.240 e. The molecule has 1 N–H and O–H groups in total. The zero-order valence-electron chi connectivity index (χ0n) is 16.8. The van der Waals surface area contributed by atoms with E-state index in [0.717, 1.165) is 29.2 Å². The van der Waals surface area contributed by atoms with Gasteiger partial charge in [-0.25, -0.2) is 8.42 Å². The number of hydrogen-bond donors (Lipinski definition) is 1. The molecular weight excluding hydrogens is 414 g/mol. The van der Waals surface area contributed by atoms with Crippen molar-refractivity contribution in [2.45, 2.75) is 6.42 Å². The summed E-state index contributed by atoms with van der Waals surface area (Å²) in [5, 5.41) is 3.04. The van der Waals surface area contributed by atoms with E-state index in [1.54, 1.807) is 12.1 Å². The van der Waals surface area contributed by atoms with E-state index in [4.69, 9.17) is 16.3 Å². The molecule has 2 rings (SSSR count). The van der Waals surface area contributed by atoms with Crippen LogP contribution in [-0.4, -0.2) is 54.4 Å². The lowest BCUT2D eigenvalue weighted by atomic mass is 10.3. The molecule has 2 aromatic carbocycles. The summed E-state index contributed by atoms with van der Waals surface area (Å²) in [7, 11) is -0.212. The van der Waals surface area contributed by atoms with Crippen LogP contribution in [0.2, 0.25) is 5.02 Å². The molecule has 0 radical (unpaired) electrons. The summed E-state index contributed by atoms with van der Waals surface area (Å²) in [5.74, 6) is 0.0422. The van der Waals surface area contributed by atoms with E-state index in [2.05, 4.69) is 10.2 Å². The molecule has 0 aromatic heterocycles. The smallest absolute Gasteiger partial charge is 0.240 e. The number of ether oxygens (including phenoxy) is 1. The van der Waals surface area contributed by atoms with Crippen molar-refractivity contribution in [3.63, 3.8) is 0 Å². The Kier molecular flexibility index (Phi) is 8.16. The van der Waals surface area contributed by atoms with Crippen molar-refractivity contribution < 1.29 is 17.9 Å². The number of anilines is 2. The van der Waals surface area contributed by atoms with Gasteiger partial charge in [0, 0.05) is 25.8 Å². The summed E-state index contributed by atoms with van der Waals surface area (Å²) in [6, 6.07) is 14.5. The van der Waals surface area contributed by atoms with Gasteiger partial charge >= 0.3 is 0 Å². The highest BCUT2D eigenvalue weighted by Crippen LogP contribution is 2.30. The fourth-order valence-corrected chi connectivity index (χ4v) is 3.85. The first-order valence-electron chi connectivity index (χ1n) is 9.06. The summed E-state index contributed by atoms with van der Waals surface area (Å²) in [4.78, 5) is 14.4. The minimum Gasteiger partial charge on any atom is -0.495 e. The summed E-state index contributed by atoms with van der Waals surface area (Å²) < 4.78 is 30.4. The van der Waals surface area contributed by atoms with Crippen molar-refractivity contribution in [2.75, 3.05) is 49.3 Å². The van der Waals surface area contributed by atoms with Crippen LogP contribution in [0.15, 0.2) is 48.5 Å². The minimum atomic E-state index is -3.66. The van der Waals surface area contributed by atoms with Crippen molar-refractivity contribution in [1.29, 1.82) is 0 Å². The number of hydrogen-bond acceptors (Lipinski definition) is 5. The molecule has 2 aromatic rings. The number of nitrogens with one attached hydrogen (secondary N) is 1. The van der Waals surface area contributed by atoms with Gasteiger partial charge in [0.2, 0.25) is 15.9 Å². The molecule has 0 aliphatic rings. The van der Waals surface area contributed by atoms with Gasteiger partial charge < -0.3 is 15.0 Å². The Morgan fingerprint density at radius 3 is 2.41 bits per heavy atom. The Hall–Kier alpha value is -2.45. The Bertz CT molecular complexity index is 923. The first kappa shape index (κ1) is 22.8. The van der Waals surface area contributed by atoms with E-state index in [-0.39, 0.29) is 17.5 Å². The third-order valence-corrected chi connectivity index (χ3v) is 5.74. The summed E-state index contributed by atoms with van der Waals surface area (Å²) >= 11 is 6.09. The van der Waals surface area contributed by atoms with Crippen molar-refractivity contribution >= 4 is 38.9 Å². The molecule has 0 saturated heterocycles. The molecule has 0 unspecified atom stereocenters. The van der Waals surface area contributed by atoms with Crippen LogP contribution in [0.1, 0.15) is 6.42 Å². The zero-order chi connectivity index (χ0) is 21.4. The first-order valence-corrected chi connectivity index (χ1v) is 11.3. The van der Waals surface area contributed by atoms with Gasteiger partial charge in [0.05, 0.1) is 24.1 Å². The van der Waals surface area contributed by atoms with E-state index in [0.29, 0.717) is 18.0 Å². The molecule has 0 atom stereocenters. The van der Waals surface area contributed by atoms with E-state index in [1.807, 2.05) is 37.4 Å². The van der Waals surface area contributed by atoms with Crippen molar-refractivity contribution in [1.82, 2.24) is 5.32 Å². The third-order valence-electron chi connectivity index (χ3n) is 4.30. The Balaban J connectivity index is 1.91. The van der Waals surface area contributed by atoms with Gasteiger partial charge in [-0.1, -0.05) is 29.8 Å². The maximum atomic E-state index is 12.3. The molecule has 0 aliphatic carbocycles. The molecular formula is C20H26ClN3O4S. The lowest BCUT2D eigenvalue weighted by molar-refractivity contribution is -0.119. The molecule has 0 saturated carbocycles. The lowest BCUT2D eigenvalue weighted by Gasteiger charge is -2.23. The highest BCUT2D eigenvalue weighted by atomic mass is 35.5. The predicted octanol–water partition coefficient (Wildman–Crippen LogP) is 2.76. The molecule has 0 spiro atoms. The van der Waals surface area contributed by atoms with Gasteiger partial charge in [0.15, 0.2) is 0 Å². The topological polar surface area (TPSA) is 79.0 Å². The molecule has 9 heteroatoms. The molecule has 158 valence electrons. The van der Waals surface area contributed by atoms with Gasteiger partial charge in [0.25, 0.3) is 0 Å². The molecule has 0 aliphatic heterocycles. The van der Waals surface area contributed by atoms with Crippen LogP contribution in [0.4, 0.5) is 11.4 Å². The molecule has 29 heavy (non-hydrogen) atoms. The van der Waals surface area contributed by atoms with Crippen LogP contribution < -0.4 is 19.3 Å². The van der Waals surface area contributed by atoms with Gasteiger partial charge in [0.1, 0.15) is 12.3 Å². The fraction of sp³-hybridized carbons (Fsp3) is 0.350. The van der Waals surface area contributed by atoms with Crippen molar-refractivity contribution in [2.24, 2.45) is 0 Å². The second-order valence-electron chi connectivity index (χ2n) is 6.55. The number of para-hydroxylation sites is 1. The molecule has 0 heterocycles. The first-order chi connectivity index (χ1) is 13.7. The molecule has 7 nitrogen and oxygen atoms in total. The van der Waals surface area contributed by atoms with Crippen LogP contribution in [0.3, 0.4) is 0 Å². The Morgan fingerprint density at radius 1 is 1.14 bits per heavy atom. The van der Waals surface area contributed by atoms with E-state index in [1.165, 1.54) is 13.2 Å². The second kappa shape index (κ2) is 10.4. The Morgan fingerprint density at radius 2 is 1.83 bits per heavy atom. The standard InChI is InChI=1S/C20H26ClN3O4S/c1-23(16-8-5-4-6-9-16)13-7-12-22-20(25)15-24(29(3,26)27)17-10-11-19(28-2)18(21)14-17/h4-6,8-11,14H,7,12-13,15H2,1-3H3,(H,22,25). The summed E-state index contributed by atoms with van der Waals surface area (Å²) in [6.45, 7) is 0.876. The quantitative estimate of drug-likeness (QED) is 0.576. The summed E-state index contributed by atoms with van der Waals surface area (Å²) in [5.41, 5.74) is 1.40. The van der Waals surface area contributed by atoms with Crippen molar-refractivity contribution in [3.8, 4) is 5.75 Å². The van der Waals surface area contributed by atoms with Crippen LogP contribution in [-0.2, 0) is 14.8 Å². The normalized spacial score (nSPS) is 11.0. The number of nitrogens with zero attached hydrogens (tertiary/aromatic N) is 2. The van der Waals surface area contributed by atoms with Crippen LogP contribution in [0.5, 0.6) is 5.75 Å². The van der Waals surface area contributed by atoms with Gasteiger partial charge in [-0.05, 0) is 36.8 Å². The number of sulfonamides is 1. The molecule has 1 amide bonds. The SMILES string of the molecule is COc1ccc(N(CC(=O)NCCCN(C)c2ccccc2)S(C)(=O)=O)cc1Cl.